The van der Waals surface area contributed by atoms with Crippen molar-refractivity contribution in [3.8, 4) is 11.4 Å². The first-order valence-electron chi connectivity index (χ1n) is 9.95. The standard InChI is InChI=1S/C21H25ClN6O/c1-3-26-12-17(13-27(26)4-2)24-19(29)14-28-20(15-7-9-16(22)10-8-15)25-18-6-5-11-23-21(18)28/h5-11,17H,3-4,12-14H2,1-2H3,(H,24,29). The Morgan fingerprint density at radius 3 is 2.48 bits per heavy atom. The molecule has 0 spiro atoms. The fraction of sp³-hybridized carbons (Fsp3) is 0.381. The Labute approximate surface area is 175 Å². The fourth-order valence-corrected chi connectivity index (χ4v) is 4.02. The number of benzene rings is 1. The number of hydrazine groups is 1. The normalized spacial score (nSPS) is 16.0. The molecular weight excluding hydrogens is 388 g/mol. The smallest absolute Gasteiger partial charge is 0.240 e. The second-order valence-corrected chi connectivity index (χ2v) is 7.59. The van der Waals surface area contributed by atoms with E-state index in [0.717, 1.165) is 37.3 Å². The lowest BCUT2D eigenvalue weighted by Crippen LogP contribution is -2.40. The van der Waals surface area contributed by atoms with Gasteiger partial charge in [-0.3, -0.25) is 9.36 Å². The number of carbonyl (C=O) groups excluding carboxylic acids is 1. The Bertz CT molecular complexity index is 990. The summed E-state index contributed by atoms with van der Waals surface area (Å²) in [5.41, 5.74) is 2.36. The van der Waals surface area contributed by atoms with Gasteiger partial charge in [0.05, 0.1) is 6.04 Å². The van der Waals surface area contributed by atoms with Crippen molar-refractivity contribution in [1.29, 1.82) is 0 Å². The molecule has 3 heterocycles. The Hall–Kier alpha value is -2.48. The van der Waals surface area contributed by atoms with Crippen molar-refractivity contribution in [2.75, 3.05) is 26.2 Å². The Kier molecular flexibility index (Phi) is 5.80. The van der Waals surface area contributed by atoms with E-state index in [2.05, 4.69) is 34.2 Å². The van der Waals surface area contributed by atoms with Crippen LogP contribution >= 0.6 is 11.6 Å². The summed E-state index contributed by atoms with van der Waals surface area (Å²) in [7, 11) is 0. The van der Waals surface area contributed by atoms with Crippen LogP contribution in [0.5, 0.6) is 0 Å². The highest BCUT2D eigenvalue weighted by atomic mass is 35.5. The zero-order valence-corrected chi connectivity index (χ0v) is 17.4. The maximum absolute atomic E-state index is 12.9. The molecule has 1 saturated heterocycles. The van der Waals surface area contributed by atoms with Crippen molar-refractivity contribution >= 4 is 28.7 Å². The average Bonchev–Trinajstić information content (AvgIpc) is 3.29. The predicted octanol–water partition coefficient (Wildman–Crippen LogP) is 2.81. The van der Waals surface area contributed by atoms with Gasteiger partial charge in [0, 0.05) is 43.0 Å². The number of likely N-dealkylation sites (N-methyl/N-ethyl adjacent to an activating group) is 2. The molecule has 2 aromatic heterocycles. The van der Waals surface area contributed by atoms with E-state index in [9.17, 15) is 4.79 Å². The molecule has 4 rings (SSSR count). The first-order valence-corrected chi connectivity index (χ1v) is 10.3. The quantitative estimate of drug-likeness (QED) is 0.674. The number of carbonyl (C=O) groups is 1. The van der Waals surface area contributed by atoms with Gasteiger partial charge in [-0.15, -0.1) is 0 Å². The van der Waals surface area contributed by atoms with Crippen molar-refractivity contribution in [3.05, 3.63) is 47.6 Å². The SMILES string of the molecule is CCN1CC(NC(=O)Cn2c(-c3ccc(Cl)cc3)nc3cccnc32)CN1CC. The van der Waals surface area contributed by atoms with Crippen LogP contribution < -0.4 is 5.32 Å². The fourth-order valence-electron chi connectivity index (χ4n) is 3.89. The summed E-state index contributed by atoms with van der Waals surface area (Å²) in [4.78, 5) is 22.1. The Morgan fingerprint density at radius 1 is 1.14 bits per heavy atom. The number of nitrogens with zero attached hydrogens (tertiary/aromatic N) is 5. The maximum atomic E-state index is 12.9. The molecule has 1 fully saturated rings. The number of halogens is 1. The summed E-state index contributed by atoms with van der Waals surface area (Å²) in [5, 5.41) is 8.39. The third kappa shape index (κ3) is 4.12. The maximum Gasteiger partial charge on any atom is 0.240 e. The molecule has 0 unspecified atom stereocenters. The number of hydrogen-bond acceptors (Lipinski definition) is 5. The number of imidazole rings is 1. The molecular formula is C21H25ClN6O. The van der Waals surface area contributed by atoms with E-state index in [1.165, 1.54) is 0 Å². The van der Waals surface area contributed by atoms with E-state index < -0.39 is 0 Å². The van der Waals surface area contributed by atoms with Gasteiger partial charge in [-0.2, -0.15) is 0 Å². The van der Waals surface area contributed by atoms with Crippen LogP contribution in [0.4, 0.5) is 0 Å². The van der Waals surface area contributed by atoms with Crippen molar-refractivity contribution < 1.29 is 4.79 Å². The molecule has 3 aromatic rings. The highest BCUT2D eigenvalue weighted by Crippen LogP contribution is 2.25. The molecule has 0 aliphatic carbocycles. The Morgan fingerprint density at radius 2 is 1.83 bits per heavy atom. The minimum absolute atomic E-state index is 0.0378. The number of nitrogens with one attached hydrogen (secondary N) is 1. The minimum Gasteiger partial charge on any atom is -0.349 e. The summed E-state index contributed by atoms with van der Waals surface area (Å²) >= 11 is 6.03. The molecule has 152 valence electrons. The highest BCUT2D eigenvalue weighted by Gasteiger charge is 2.29. The van der Waals surface area contributed by atoms with Crippen LogP contribution in [-0.2, 0) is 11.3 Å². The largest absolute Gasteiger partial charge is 0.349 e. The van der Waals surface area contributed by atoms with Crippen LogP contribution in [0.2, 0.25) is 5.02 Å². The topological polar surface area (TPSA) is 66.3 Å². The van der Waals surface area contributed by atoms with Gasteiger partial charge in [0.1, 0.15) is 17.9 Å². The van der Waals surface area contributed by atoms with Gasteiger partial charge < -0.3 is 5.32 Å². The van der Waals surface area contributed by atoms with Gasteiger partial charge in [-0.1, -0.05) is 25.4 Å². The van der Waals surface area contributed by atoms with Crippen molar-refractivity contribution in [2.45, 2.75) is 26.4 Å². The van der Waals surface area contributed by atoms with Gasteiger partial charge in [-0.05, 0) is 36.4 Å². The molecule has 1 aromatic carbocycles. The summed E-state index contributed by atoms with van der Waals surface area (Å²) < 4.78 is 1.87. The van der Waals surface area contributed by atoms with Crippen LogP contribution in [0.3, 0.4) is 0 Å². The number of amides is 1. The third-order valence-electron chi connectivity index (χ3n) is 5.27. The molecule has 0 radical (unpaired) electrons. The van der Waals surface area contributed by atoms with Gasteiger partial charge in [0.25, 0.3) is 0 Å². The molecule has 1 N–H and O–H groups in total. The number of pyridine rings is 1. The van der Waals surface area contributed by atoms with Crippen molar-refractivity contribution in [3.63, 3.8) is 0 Å². The first kappa shape index (κ1) is 19.8. The van der Waals surface area contributed by atoms with Crippen LogP contribution in [0, 0.1) is 0 Å². The van der Waals surface area contributed by atoms with Crippen LogP contribution in [-0.4, -0.2) is 62.7 Å². The summed E-state index contributed by atoms with van der Waals surface area (Å²) in [6.07, 6.45) is 1.72. The third-order valence-corrected chi connectivity index (χ3v) is 5.52. The van der Waals surface area contributed by atoms with Crippen LogP contribution in [0.25, 0.3) is 22.6 Å². The second kappa shape index (κ2) is 8.49. The predicted molar refractivity (Wildman–Crippen MR) is 114 cm³/mol. The van der Waals surface area contributed by atoms with Crippen molar-refractivity contribution in [2.24, 2.45) is 0 Å². The molecule has 29 heavy (non-hydrogen) atoms. The molecule has 1 aliphatic heterocycles. The summed E-state index contributed by atoms with van der Waals surface area (Å²) in [6, 6.07) is 11.3. The molecule has 0 atom stereocenters. The summed E-state index contributed by atoms with van der Waals surface area (Å²) in [6.45, 7) is 7.99. The van der Waals surface area contributed by atoms with Gasteiger partial charge in [0.2, 0.25) is 5.91 Å². The summed E-state index contributed by atoms with van der Waals surface area (Å²) in [5.74, 6) is 0.673. The zero-order chi connectivity index (χ0) is 20.4. The number of fused-ring (bicyclic) bond motifs is 1. The Balaban J connectivity index is 1.58. The molecule has 1 aliphatic rings. The van der Waals surface area contributed by atoms with E-state index in [0.29, 0.717) is 16.5 Å². The monoisotopic (exact) mass is 412 g/mol. The zero-order valence-electron chi connectivity index (χ0n) is 16.7. The van der Waals surface area contributed by atoms with E-state index in [1.807, 2.05) is 41.0 Å². The lowest BCUT2D eigenvalue weighted by molar-refractivity contribution is -0.122. The molecule has 1 amide bonds. The van der Waals surface area contributed by atoms with Gasteiger partial charge in [0.15, 0.2) is 5.65 Å². The lowest BCUT2D eigenvalue weighted by atomic mass is 10.2. The van der Waals surface area contributed by atoms with E-state index in [4.69, 9.17) is 16.6 Å². The molecule has 8 heteroatoms. The van der Waals surface area contributed by atoms with Crippen LogP contribution in [0.1, 0.15) is 13.8 Å². The average molecular weight is 413 g/mol. The van der Waals surface area contributed by atoms with E-state index >= 15 is 0 Å². The first-order chi connectivity index (χ1) is 14.1. The van der Waals surface area contributed by atoms with Gasteiger partial charge >= 0.3 is 0 Å². The molecule has 7 nitrogen and oxygen atoms in total. The van der Waals surface area contributed by atoms with E-state index in [-0.39, 0.29) is 18.5 Å². The minimum atomic E-state index is -0.0378. The number of aromatic nitrogens is 3. The number of hydrogen-bond donors (Lipinski definition) is 1. The number of rotatable bonds is 6. The lowest BCUT2D eigenvalue weighted by Gasteiger charge is -2.24. The second-order valence-electron chi connectivity index (χ2n) is 7.15. The molecule has 0 bridgehead atoms. The van der Waals surface area contributed by atoms with Crippen molar-refractivity contribution in [1.82, 2.24) is 29.9 Å². The van der Waals surface area contributed by atoms with E-state index in [1.54, 1.807) is 6.20 Å². The van der Waals surface area contributed by atoms with Gasteiger partial charge in [-0.25, -0.2) is 20.0 Å². The van der Waals surface area contributed by atoms with Crippen LogP contribution in [0.15, 0.2) is 42.6 Å². The highest BCUT2D eigenvalue weighted by molar-refractivity contribution is 6.30. The molecule has 0 saturated carbocycles.